The topological polar surface area (TPSA) is 304 Å². The van der Waals surface area contributed by atoms with Crippen LogP contribution in [0.2, 0.25) is 0 Å². The summed E-state index contributed by atoms with van der Waals surface area (Å²) >= 11 is 0. The Morgan fingerprint density at radius 2 is 0.365 bits per heavy atom. The van der Waals surface area contributed by atoms with Crippen LogP contribution in [0.5, 0.6) is 0 Å². The highest BCUT2D eigenvalue weighted by atomic mass is 16.6. The Labute approximate surface area is 767 Å². The van der Waals surface area contributed by atoms with E-state index in [1.54, 1.807) is 9.80 Å². The van der Waals surface area contributed by atoms with Crippen molar-refractivity contribution in [3.8, 4) is 0 Å². The first kappa shape index (κ1) is 119. The van der Waals surface area contributed by atoms with Crippen molar-refractivity contribution in [3.63, 3.8) is 0 Å². The zero-order chi connectivity index (χ0) is 92.4. The third kappa shape index (κ3) is 67.6. The normalized spacial score (nSPS) is 13.7. The number of carbonyl (C=O) groups is 8. The fourth-order valence-electron chi connectivity index (χ4n) is 16.6. The van der Waals surface area contributed by atoms with E-state index >= 15 is 0 Å². The van der Waals surface area contributed by atoms with Crippen molar-refractivity contribution in [3.05, 3.63) is 0 Å². The first-order chi connectivity index (χ1) is 61.3. The zero-order valence-electron chi connectivity index (χ0n) is 81.9. The summed E-state index contributed by atoms with van der Waals surface area (Å²) in [4.78, 5) is 114. The third-order valence-electron chi connectivity index (χ3n) is 24.9. The Morgan fingerprint density at radius 3 is 0.524 bits per heavy atom. The predicted molar refractivity (Wildman–Crippen MR) is 505 cm³/mol. The van der Waals surface area contributed by atoms with Gasteiger partial charge in [0, 0.05) is 52.4 Å². The highest BCUT2D eigenvalue weighted by Crippen LogP contribution is 2.26. The van der Waals surface area contributed by atoms with E-state index in [4.69, 9.17) is 37.9 Å². The van der Waals surface area contributed by atoms with E-state index in [2.05, 4.69) is 65.2 Å². The second-order valence-electron chi connectivity index (χ2n) is 36.6. The van der Waals surface area contributed by atoms with Gasteiger partial charge in [0.1, 0.15) is 0 Å². The number of esters is 8. The van der Waals surface area contributed by atoms with Crippen LogP contribution in [-0.4, -0.2) is 244 Å². The molecule has 0 radical (unpaired) electrons. The maximum atomic E-state index is 13.3. The van der Waals surface area contributed by atoms with Gasteiger partial charge in [0.15, 0.2) is 24.4 Å². The molecule has 4 atom stereocenters. The van der Waals surface area contributed by atoms with Gasteiger partial charge >= 0.3 is 47.8 Å². The fraction of sp³-hybridized carbons (Fsp3) is 0.922. The van der Waals surface area contributed by atoms with Crippen LogP contribution in [0.1, 0.15) is 428 Å². The number of hydrogen-bond donors (Lipinski definition) is 4. The van der Waals surface area contributed by atoms with Crippen LogP contribution < -0.4 is 0 Å². The molecule has 0 aromatic rings. The highest BCUT2D eigenvalue weighted by molar-refractivity contribution is 5.77. The van der Waals surface area contributed by atoms with E-state index < -0.39 is 48.3 Å². The molecule has 1 heterocycles. The SMILES string of the molecule is CCCCCCC(CCCCCC)C(=O)OCCCCCCOC(=O)C(O)CN(CCCN1CCN(CCCN(CC(O)C(=O)OCCCCCCOC(=O)C(CCCCCC)CCCCCC)CC(O)C(=O)OCCCCCCOC(=O)C(CCCCCC)CCCCCC)CC1)CC(O)C(=O)OCCCCCCOC(=O)C(CCCCCC)CCCCCC. The van der Waals surface area contributed by atoms with E-state index in [9.17, 15) is 58.8 Å². The summed E-state index contributed by atoms with van der Waals surface area (Å²) in [6.45, 7) is 23.5. The molecule has 1 saturated heterocycles. The summed E-state index contributed by atoms with van der Waals surface area (Å²) in [6, 6.07) is 0. The van der Waals surface area contributed by atoms with Crippen LogP contribution in [0, 0.1) is 23.7 Å². The molecule has 0 saturated carbocycles. The molecule has 1 fully saturated rings. The smallest absolute Gasteiger partial charge is 0.336 e. The summed E-state index contributed by atoms with van der Waals surface area (Å²) in [7, 11) is 0. The van der Waals surface area contributed by atoms with Gasteiger partial charge in [0.05, 0.1) is 76.5 Å². The van der Waals surface area contributed by atoms with Crippen molar-refractivity contribution in [1.29, 1.82) is 0 Å². The van der Waals surface area contributed by atoms with Gasteiger partial charge in [-0.1, -0.05) is 261 Å². The summed E-state index contributed by atoms with van der Waals surface area (Å²) < 4.78 is 45.2. The predicted octanol–water partition coefficient (Wildman–Crippen LogP) is 20.2. The lowest BCUT2D eigenvalue weighted by molar-refractivity contribution is -0.158. The number of nitrogens with zero attached hydrogens (tertiary/aromatic N) is 4. The van der Waals surface area contributed by atoms with Crippen LogP contribution in [0.15, 0.2) is 0 Å². The lowest BCUT2D eigenvalue weighted by atomic mass is 9.94. The second-order valence-corrected chi connectivity index (χ2v) is 36.6. The Hall–Kier alpha value is -4.56. The standard InChI is InChI=1S/C102H192N4O20/c1-9-17-25-41-59-87(60-42-26-18-10-2)95(111)119-75-49-33-37-53-79-123-99(115)91(107)83-105(84-92(108)100(116)124-80-54-38-34-50-76-120-96(112)88(61-43-27-19-11-3)62-44-28-20-12-4)69-57-67-103-71-73-104(74-72-103)68-58-70-106(85-93(109)101(117)125-81-55-39-35-51-77-121-97(113)89(63-45-29-21-13-5)64-46-30-22-14-6)86-94(110)102(118)126-82-56-40-36-52-78-122-98(114)90(65-47-31-23-15-7)66-48-32-24-16-8/h87-94,107-110H,9-86H2,1-8H3. The van der Waals surface area contributed by atoms with Gasteiger partial charge in [-0.2, -0.15) is 0 Å². The van der Waals surface area contributed by atoms with Crippen LogP contribution in [-0.2, 0) is 76.3 Å². The van der Waals surface area contributed by atoms with E-state index in [1.165, 1.54) is 51.4 Å². The third-order valence-corrected chi connectivity index (χ3v) is 24.9. The fourth-order valence-corrected chi connectivity index (χ4v) is 16.6. The molecule has 0 aliphatic carbocycles. The van der Waals surface area contributed by atoms with Crippen LogP contribution in [0.3, 0.4) is 0 Å². The Bertz CT molecular complexity index is 2210. The van der Waals surface area contributed by atoms with Crippen molar-refractivity contribution in [2.45, 2.75) is 452 Å². The van der Waals surface area contributed by atoms with Gasteiger partial charge < -0.3 is 68.1 Å². The number of ether oxygens (including phenoxy) is 8. The van der Waals surface area contributed by atoms with Crippen molar-refractivity contribution in [1.82, 2.24) is 19.6 Å². The van der Waals surface area contributed by atoms with Gasteiger partial charge in [0.2, 0.25) is 0 Å². The molecule has 0 aromatic heterocycles. The van der Waals surface area contributed by atoms with Gasteiger partial charge in [-0.15, -0.1) is 0 Å². The van der Waals surface area contributed by atoms with E-state index in [0.717, 1.165) is 283 Å². The summed E-state index contributed by atoms with van der Waals surface area (Å²) in [6.07, 6.45) is 49.0. The van der Waals surface area contributed by atoms with Crippen molar-refractivity contribution in [2.24, 2.45) is 23.7 Å². The minimum atomic E-state index is -1.55. The lowest BCUT2D eigenvalue weighted by Crippen LogP contribution is -2.48. The highest BCUT2D eigenvalue weighted by Gasteiger charge is 2.30. The van der Waals surface area contributed by atoms with Crippen LogP contribution in [0.4, 0.5) is 0 Å². The molecule has 4 unspecified atom stereocenters. The average Bonchev–Trinajstić information content (AvgIpc) is 0.888. The molecule has 740 valence electrons. The number of piperazine rings is 1. The van der Waals surface area contributed by atoms with Crippen molar-refractivity contribution >= 4 is 47.8 Å². The number of carbonyl (C=O) groups excluding carboxylic acids is 8. The molecular weight excluding hydrogens is 1600 g/mol. The second kappa shape index (κ2) is 85.9. The molecule has 126 heavy (non-hydrogen) atoms. The lowest BCUT2D eigenvalue weighted by Gasteiger charge is -2.35. The molecule has 0 bridgehead atoms. The number of aliphatic hydroxyl groups excluding tert-OH is 4. The first-order valence-corrected chi connectivity index (χ1v) is 52.3. The quantitative estimate of drug-likeness (QED) is 0.0250. The van der Waals surface area contributed by atoms with Crippen LogP contribution in [0.25, 0.3) is 0 Å². The average molecular weight is 1790 g/mol. The van der Waals surface area contributed by atoms with Crippen LogP contribution >= 0.6 is 0 Å². The van der Waals surface area contributed by atoms with Crippen molar-refractivity contribution in [2.75, 3.05) is 131 Å². The molecule has 24 nitrogen and oxygen atoms in total. The van der Waals surface area contributed by atoms with E-state index in [0.29, 0.717) is 117 Å². The summed E-state index contributed by atoms with van der Waals surface area (Å²) in [5.74, 6) is -3.77. The first-order valence-electron chi connectivity index (χ1n) is 52.3. The maximum Gasteiger partial charge on any atom is 0.336 e. The molecule has 24 heteroatoms. The minimum Gasteiger partial charge on any atom is -0.465 e. The summed E-state index contributed by atoms with van der Waals surface area (Å²) in [5.41, 5.74) is 0. The molecule has 1 aliphatic rings. The van der Waals surface area contributed by atoms with Crippen molar-refractivity contribution < 1.29 is 96.7 Å². The molecule has 4 N–H and O–H groups in total. The molecular formula is C102H192N4O20. The zero-order valence-corrected chi connectivity index (χ0v) is 81.9. The maximum absolute atomic E-state index is 13.3. The molecule has 1 rings (SSSR count). The molecule has 1 aliphatic heterocycles. The number of aliphatic hydroxyl groups is 4. The number of hydrogen-bond acceptors (Lipinski definition) is 24. The van der Waals surface area contributed by atoms with E-state index in [1.807, 2.05) is 0 Å². The molecule has 0 spiro atoms. The Balaban J connectivity index is 3.04. The Kier molecular flexibility index (Phi) is 81.4. The summed E-state index contributed by atoms with van der Waals surface area (Å²) in [5, 5.41) is 45.1. The van der Waals surface area contributed by atoms with Gasteiger partial charge in [-0.3, -0.25) is 29.0 Å². The van der Waals surface area contributed by atoms with E-state index in [-0.39, 0.29) is 100 Å². The molecule has 0 amide bonds. The number of unbranched alkanes of at least 4 members (excludes halogenated alkanes) is 36. The molecule has 0 aromatic carbocycles. The van der Waals surface area contributed by atoms with Gasteiger partial charge in [0.25, 0.3) is 0 Å². The minimum absolute atomic E-state index is 0.0543. The Morgan fingerprint density at radius 1 is 0.214 bits per heavy atom. The van der Waals surface area contributed by atoms with Gasteiger partial charge in [-0.25, -0.2) is 19.2 Å². The largest absolute Gasteiger partial charge is 0.465 e. The number of rotatable bonds is 92. The monoisotopic (exact) mass is 1790 g/mol. The van der Waals surface area contributed by atoms with Gasteiger partial charge in [-0.05, 0) is 193 Å².